The zero-order valence-electron chi connectivity index (χ0n) is 19.5. The highest BCUT2D eigenvalue weighted by molar-refractivity contribution is 7.92. The van der Waals surface area contributed by atoms with Crippen molar-refractivity contribution in [2.75, 3.05) is 39.1 Å². The predicted octanol–water partition coefficient (Wildman–Crippen LogP) is 5.05. The van der Waals surface area contributed by atoms with E-state index in [1.807, 2.05) is 7.05 Å². The van der Waals surface area contributed by atoms with E-state index < -0.39 is 15.8 Å². The fraction of sp³-hybridized carbons (Fsp3) is 0.280. The highest BCUT2D eigenvalue weighted by Gasteiger charge is 2.25. The molecule has 0 saturated carbocycles. The molecule has 0 spiro atoms. The van der Waals surface area contributed by atoms with Gasteiger partial charge in [-0.2, -0.15) is 0 Å². The number of nitrogens with one attached hydrogen (secondary N) is 1. The molecule has 0 bridgehead atoms. The summed E-state index contributed by atoms with van der Waals surface area (Å²) in [7, 11) is 0.717. The molecule has 3 aromatic carbocycles. The molecular formula is C25H26ClFN2O5S. The van der Waals surface area contributed by atoms with E-state index >= 15 is 0 Å². The molecule has 1 fully saturated rings. The largest absolute Gasteiger partial charge is 0.493 e. The SMILES string of the molecule is COc1cc(-c2cccc(F)c2)c(S(=O)(=O)Nc2ccc(Cl)c(O[C@@H]3CCN(C)C3)c2)cc1OC. The van der Waals surface area contributed by atoms with Crippen molar-refractivity contribution < 1.29 is 27.0 Å². The van der Waals surface area contributed by atoms with Gasteiger partial charge in [0.1, 0.15) is 17.7 Å². The molecule has 1 aliphatic rings. The zero-order valence-corrected chi connectivity index (χ0v) is 21.1. The van der Waals surface area contributed by atoms with Gasteiger partial charge >= 0.3 is 0 Å². The van der Waals surface area contributed by atoms with Crippen LogP contribution in [0.3, 0.4) is 0 Å². The van der Waals surface area contributed by atoms with Crippen molar-refractivity contribution in [1.29, 1.82) is 0 Å². The lowest BCUT2D eigenvalue weighted by molar-refractivity contribution is 0.208. The molecule has 1 saturated heterocycles. The number of nitrogens with zero attached hydrogens (tertiary/aromatic N) is 1. The van der Waals surface area contributed by atoms with E-state index in [0.717, 1.165) is 19.5 Å². The first-order valence-electron chi connectivity index (χ1n) is 10.9. The molecule has 1 aliphatic heterocycles. The first-order chi connectivity index (χ1) is 16.7. The Hall–Kier alpha value is -3.01. The third-order valence-corrected chi connectivity index (χ3v) is 7.47. The number of benzene rings is 3. The second-order valence-electron chi connectivity index (χ2n) is 8.26. The number of hydrogen-bond acceptors (Lipinski definition) is 6. The van der Waals surface area contributed by atoms with Gasteiger partial charge in [0.05, 0.1) is 29.8 Å². The lowest BCUT2D eigenvalue weighted by Crippen LogP contribution is -2.21. The van der Waals surface area contributed by atoms with E-state index in [2.05, 4.69) is 9.62 Å². The molecule has 10 heteroatoms. The van der Waals surface area contributed by atoms with Gasteiger partial charge in [0.2, 0.25) is 0 Å². The molecule has 186 valence electrons. The van der Waals surface area contributed by atoms with Crippen LogP contribution in [0, 0.1) is 5.82 Å². The topological polar surface area (TPSA) is 77.1 Å². The third kappa shape index (κ3) is 5.63. The van der Waals surface area contributed by atoms with E-state index in [1.54, 1.807) is 24.3 Å². The van der Waals surface area contributed by atoms with Gasteiger partial charge in [-0.1, -0.05) is 23.7 Å². The number of likely N-dealkylation sites (N-methyl/N-ethyl adjacent to an activating group) is 1. The van der Waals surface area contributed by atoms with Crippen LogP contribution in [0.5, 0.6) is 17.2 Å². The molecular weight excluding hydrogens is 495 g/mol. The van der Waals surface area contributed by atoms with Crippen molar-refractivity contribution in [3.63, 3.8) is 0 Å². The highest BCUT2D eigenvalue weighted by Crippen LogP contribution is 2.39. The van der Waals surface area contributed by atoms with E-state index in [9.17, 15) is 12.8 Å². The molecule has 1 atom stereocenters. The molecule has 0 unspecified atom stereocenters. The van der Waals surface area contributed by atoms with Crippen LogP contribution in [0.4, 0.5) is 10.1 Å². The Morgan fingerprint density at radius 3 is 2.43 bits per heavy atom. The lowest BCUT2D eigenvalue weighted by Gasteiger charge is -2.18. The number of anilines is 1. The number of methoxy groups -OCH3 is 2. The molecule has 0 radical (unpaired) electrons. The number of halogens is 2. The first kappa shape index (κ1) is 25.1. The van der Waals surface area contributed by atoms with Gasteiger partial charge in [-0.05, 0) is 49.4 Å². The molecule has 4 rings (SSSR count). The van der Waals surface area contributed by atoms with Crippen LogP contribution in [-0.2, 0) is 10.0 Å². The Morgan fingerprint density at radius 1 is 1.03 bits per heavy atom. The average molecular weight is 521 g/mol. The molecule has 0 amide bonds. The van der Waals surface area contributed by atoms with Crippen molar-refractivity contribution in [2.45, 2.75) is 17.4 Å². The maximum absolute atomic E-state index is 14.0. The van der Waals surface area contributed by atoms with Crippen LogP contribution in [0.1, 0.15) is 6.42 Å². The summed E-state index contributed by atoms with van der Waals surface area (Å²) < 4.78 is 60.4. The molecule has 0 aliphatic carbocycles. The number of likely N-dealkylation sites (tertiary alicyclic amines) is 1. The van der Waals surface area contributed by atoms with E-state index in [-0.39, 0.29) is 28.0 Å². The van der Waals surface area contributed by atoms with Crippen LogP contribution >= 0.6 is 11.6 Å². The Balaban J connectivity index is 1.72. The number of hydrogen-bond donors (Lipinski definition) is 1. The predicted molar refractivity (Wildman–Crippen MR) is 134 cm³/mol. The summed E-state index contributed by atoms with van der Waals surface area (Å²) in [6.07, 6.45) is 0.820. The summed E-state index contributed by atoms with van der Waals surface area (Å²) in [4.78, 5) is 2.05. The monoisotopic (exact) mass is 520 g/mol. The lowest BCUT2D eigenvalue weighted by atomic mass is 10.0. The Bertz CT molecular complexity index is 1340. The molecule has 35 heavy (non-hydrogen) atoms. The fourth-order valence-electron chi connectivity index (χ4n) is 4.00. The minimum Gasteiger partial charge on any atom is -0.493 e. The highest BCUT2D eigenvalue weighted by atomic mass is 35.5. The van der Waals surface area contributed by atoms with Crippen molar-refractivity contribution >= 4 is 27.3 Å². The van der Waals surface area contributed by atoms with Gasteiger partial charge in [-0.25, -0.2) is 12.8 Å². The van der Waals surface area contributed by atoms with E-state index in [1.165, 1.54) is 44.6 Å². The molecule has 0 aromatic heterocycles. The van der Waals surface area contributed by atoms with E-state index in [0.29, 0.717) is 22.1 Å². The summed E-state index contributed by atoms with van der Waals surface area (Å²) in [5.41, 5.74) is 0.904. The van der Waals surface area contributed by atoms with Crippen LogP contribution in [0.15, 0.2) is 59.5 Å². The van der Waals surface area contributed by atoms with Crippen LogP contribution < -0.4 is 18.9 Å². The summed E-state index contributed by atoms with van der Waals surface area (Å²) in [6, 6.07) is 13.2. The van der Waals surface area contributed by atoms with Crippen LogP contribution in [0.25, 0.3) is 11.1 Å². The molecule has 1 N–H and O–H groups in total. The van der Waals surface area contributed by atoms with Gasteiger partial charge in [-0.15, -0.1) is 0 Å². The zero-order chi connectivity index (χ0) is 25.2. The van der Waals surface area contributed by atoms with Crippen molar-refractivity contribution in [2.24, 2.45) is 0 Å². The first-order valence-corrected chi connectivity index (χ1v) is 12.8. The quantitative estimate of drug-likeness (QED) is 0.448. The maximum atomic E-state index is 14.0. The molecule has 1 heterocycles. The number of ether oxygens (including phenoxy) is 3. The van der Waals surface area contributed by atoms with E-state index in [4.69, 9.17) is 25.8 Å². The van der Waals surface area contributed by atoms with Gasteiger partial charge < -0.3 is 19.1 Å². The van der Waals surface area contributed by atoms with Crippen LogP contribution in [0.2, 0.25) is 5.02 Å². The normalized spacial score (nSPS) is 16.2. The van der Waals surface area contributed by atoms with Gasteiger partial charge in [0, 0.05) is 30.8 Å². The van der Waals surface area contributed by atoms with Gasteiger partial charge in [0.15, 0.2) is 11.5 Å². The number of rotatable bonds is 8. The Kier molecular flexibility index (Phi) is 7.39. The van der Waals surface area contributed by atoms with Gasteiger partial charge in [0.25, 0.3) is 10.0 Å². The second kappa shape index (κ2) is 10.3. The Labute approximate surface area is 209 Å². The average Bonchev–Trinajstić information content (AvgIpc) is 3.24. The second-order valence-corrected chi connectivity index (χ2v) is 10.3. The summed E-state index contributed by atoms with van der Waals surface area (Å²) in [5.74, 6) is 0.434. The Morgan fingerprint density at radius 2 is 1.77 bits per heavy atom. The number of sulfonamides is 1. The smallest absolute Gasteiger partial charge is 0.262 e. The minimum atomic E-state index is -4.14. The summed E-state index contributed by atoms with van der Waals surface area (Å²) in [6.45, 7) is 1.67. The molecule has 3 aromatic rings. The van der Waals surface area contributed by atoms with Crippen LogP contribution in [-0.4, -0.2) is 53.8 Å². The third-order valence-electron chi connectivity index (χ3n) is 5.74. The minimum absolute atomic E-state index is 0.0326. The van der Waals surface area contributed by atoms with Crippen molar-refractivity contribution in [3.05, 3.63) is 65.4 Å². The molecule has 7 nitrogen and oxygen atoms in total. The van der Waals surface area contributed by atoms with Crippen molar-refractivity contribution in [3.8, 4) is 28.4 Å². The van der Waals surface area contributed by atoms with Crippen molar-refractivity contribution in [1.82, 2.24) is 4.90 Å². The fourth-order valence-corrected chi connectivity index (χ4v) is 5.44. The summed E-state index contributed by atoms with van der Waals surface area (Å²) >= 11 is 6.31. The standard InChI is InChI=1S/C25H26ClFN2O5S/c1-29-10-9-19(15-29)34-22-12-18(7-8-21(22)26)28-35(30,31)25-14-24(33-3)23(32-2)13-20(25)16-5-4-6-17(27)11-16/h4-8,11-14,19,28H,9-10,15H2,1-3H3/t19-/m1/s1. The maximum Gasteiger partial charge on any atom is 0.262 e. The summed E-state index contributed by atoms with van der Waals surface area (Å²) in [5, 5.41) is 0.383. The van der Waals surface area contributed by atoms with Gasteiger partial charge in [-0.3, -0.25) is 4.72 Å².